The molecular formula is C16H24N2O3. The molecule has 1 aromatic rings. The molecule has 1 N–H and O–H groups in total. The minimum absolute atomic E-state index is 0.0363. The smallest absolute Gasteiger partial charge is 0.227 e. The number of carbonyl (C=O) groups excluding carboxylic acids is 1. The summed E-state index contributed by atoms with van der Waals surface area (Å²) in [5.41, 5.74) is 0.0907. The average Bonchev–Trinajstić information content (AvgIpc) is 2.80. The van der Waals surface area contributed by atoms with Crippen LogP contribution in [0.3, 0.4) is 0 Å². The Kier molecular flexibility index (Phi) is 4.85. The maximum Gasteiger partial charge on any atom is 0.227 e. The van der Waals surface area contributed by atoms with Crippen molar-refractivity contribution < 1.29 is 14.6 Å². The van der Waals surface area contributed by atoms with Crippen LogP contribution in [0.4, 0.5) is 0 Å². The van der Waals surface area contributed by atoms with Crippen molar-refractivity contribution in [3.05, 3.63) is 29.8 Å². The molecule has 1 aliphatic heterocycles. The highest BCUT2D eigenvalue weighted by atomic mass is 16.5. The van der Waals surface area contributed by atoms with E-state index in [4.69, 9.17) is 4.74 Å². The van der Waals surface area contributed by atoms with Crippen molar-refractivity contribution in [2.24, 2.45) is 0 Å². The molecule has 21 heavy (non-hydrogen) atoms. The van der Waals surface area contributed by atoms with E-state index in [1.807, 2.05) is 43.3 Å². The maximum absolute atomic E-state index is 12.4. The average molecular weight is 292 g/mol. The second-order valence-electron chi connectivity index (χ2n) is 6.02. The first kappa shape index (κ1) is 15.8. The number of methoxy groups -OCH3 is 1. The fourth-order valence-corrected chi connectivity index (χ4v) is 2.91. The maximum atomic E-state index is 12.4. The normalized spacial score (nSPS) is 21.9. The summed E-state index contributed by atoms with van der Waals surface area (Å²) in [6.45, 7) is 1.59. The molecule has 2 rings (SSSR count). The number of carbonyl (C=O) groups is 1. The molecule has 1 amide bonds. The largest absolute Gasteiger partial charge is 0.496 e. The molecule has 0 spiro atoms. The molecule has 0 aliphatic carbocycles. The monoisotopic (exact) mass is 292 g/mol. The van der Waals surface area contributed by atoms with E-state index in [0.717, 1.165) is 11.3 Å². The van der Waals surface area contributed by atoms with Gasteiger partial charge in [0.15, 0.2) is 0 Å². The number of aliphatic hydroxyl groups is 1. The first-order valence-electron chi connectivity index (χ1n) is 7.20. The highest BCUT2D eigenvalue weighted by Gasteiger charge is 2.38. The van der Waals surface area contributed by atoms with Gasteiger partial charge in [-0.1, -0.05) is 18.2 Å². The van der Waals surface area contributed by atoms with Crippen LogP contribution in [0.25, 0.3) is 0 Å². The number of amides is 1. The van der Waals surface area contributed by atoms with Crippen LogP contribution in [-0.4, -0.2) is 67.3 Å². The third-order valence-electron chi connectivity index (χ3n) is 3.83. The van der Waals surface area contributed by atoms with Crippen molar-refractivity contribution in [2.45, 2.75) is 18.4 Å². The summed E-state index contributed by atoms with van der Waals surface area (Å²) < 4.78 is 5.28. The second-order valence-corrected chi connectivity index (χ2v) is 6.02. The van der Waals surface area contributed by atoms with E-state index in [9.17, 15) is 9.90 Å². The molecule has 1 heterocycles. The number of rotatable bonds is 5. The number of benzene rings is 1. The SMILES string of the molecule is COc1ccccc1CC(=O)N1CC[C@@](O)(CN(C)C)C1. The van der Waals surface area contributed by atoms with Crippen LogP contribution in [0, 0.1) is 0 Å². The quantitative estimate of drug-likeness (QED) is 0.871. The molecule has 0 bridgehead atoms. The van der Waals surface area contributed by atoms with Gasteiger partial charge < -0.3 is 19.6 Å². The number of para-hydroxylation sites is 1. The topological polar surface area (TPSA) is 53.0 Å². The Labute approximate surface area is 126 Å². The van der Waals surface area contributed by atoms with Gasteiger partial charge in [0.2, 0.25) is 5.91 Å². The first-order valence-corrected chi connectivity index (χ1v) is 7.20. The zero-order valence-corrected chi connectivity index (χ0v) is 13.0. The summed E-state index contributed by atoms with van der Waals surface area (Å²) in [7, 11) is 5.46. The summed E-state index contributed by atoms with van der Waals surface area (Å²) in [6.07, 6.45) is 0.935. The third kappa shape index (κ3) is 3.95. The molecule has 1 aromatic carbocycles. The summed E-state index contributed by atoms with van der Waals surface area (Å²) >= 11 is 0. The van der Waals surface area contributed by atoms with Crippen LogP contribution in [-0.2, 0) is 11.2 Å². The van der Waals surface area contributed by atoms with Crippen molar-refractivity contribution in [1.82, 2.24) is 9.80 Å². The lowest BCUT2D eigenvalue weighted by Gasteiger charge is -2.26. The molecule has 5 heteroatoms. The number of nitrogens with zero attached hydrogens (tertiary/aromatic N) is 2. The number of hydrogen-bond donors (Lipinski definition) is 1. The van der Waals surface area contributed by atoms with Gasteiger partial charge in [-0.3, -0.25) is 4.79 Å². The van der Waals surface area contributed by atoms with E-state index in [1.165, 1.54) is 0 Å². The lowest BCUT2D eigenvalue weighted by molar-refractivity contribution is -0.130. The van der Waals surface area contributed by atoms with E-state index in [0.29, 0.717) is 32.5 Å². The van der Waals surface area contributed by atoms with Crippen molar-refractivity contribution >= 4 is 5.91 Å². The van der Waals surface area contributed by atoms with Crippen LogP contribution in [0.2, 0.25) is 0 Å². The van der Waals surface area contributed by atoms with Crippen LogP contribution >= 0.6 is 0 Å². The Balaban J connectivity index is 1.99. The lowest BCUT2D eigenvalue weighted by Crippen LogP contribution is -2.43. The molecule has 1 atom stereocenters. The zero-order valence-electron chi connectivity index (χ0n) is 13.0. The highest BCUT2D eigenvalue weighted by Crippen LogP contribution is 2.24. The van der Waals surface area contributed by atoms with E-state index < -0.39 is 5.60 Å². The number of hydrogen-bond acceptors (Lipinski definition) is 4. The van der Waals surface area contributed by atoms with Crippen LogP contribution < -0.4 is 4.74 Å². The minimum atomic E-state index is -0.792. The van der Waals surface area contributed by atoms with Crippen molar-refractivity contribution in [1.29, 1.82) is 0 Å². The van der Waals surface area contributed by atoms with Gasteiger partial charge in [-0.2, -0.15) is 0 Å². The van der Waals surface area contributed by atoms with Gasteiger partial charge in [0.25, 0.3) is 0 Å². The minimum Gasteiger partial charge on any atom is -0.496 e. The van der Waals surface area contributed by atoms with Gasteiger partial charge in [0.05, 0.1) is 25.7 Å². The lowest BCUT2D eigenvalue weighted by atomic mass is 10.0. The summed E-state index contributed by atoms with van der Waals surface area (Å²) in [4.78, 5) is 16.1. The molecular weight excluding hydrogens is 268 g/mol. The highest BCUT2D eigenvalue weighted by molar-refractivity contribution is 5.80. The Bertz CT molecular complexity index is 504. The van der Waals surface area contributed by atoms with E-state index in [2.05, 4.69) is 0 Å². The van der Waals surface area contributed by atoms with E-state index in [1.54, 1.807) is 12.0 Å². The Morgan fingerprint density at radius 2 is 2.14 bits per heavy atom. The molecule has 5 nitrogen and oxygen atoms in total. The van der Waals surface area contributed by atoms with Gasteiger partial charge >= 0.3 is 0 Å². The van der Waals surface area contributed by atoms with E-state index >= 15 is 0 Å². The second kappa shape index (κ2) is 6.45. The molecule has 1 fully saturated rings. The van der Waals surface area contributed by atoms with Crippen LogP contribution in [0.1, 0.15) is 12.0 Å². The predicted octanol–water partition coefficient (Wildman–Crippen LogP) is 0.763. The molecule has 116 valence electrons. The molecule has 0 aromatic heterocycles. The molecule has 0 radical (unpaired) electrons. The summed E-state index contributed by atoms with van der Waals surface area (Å²) in [6, 6.07) is 7.55. The summed E-state index contributed by atoms with van der Waals surface area (Å²) in [5, 5.41) is 10.5. The number of ether oxygens (including phenoxy) is 1. The Hall–Kier alpha value is -1.59. The van der Waals surface area contributed by atoms with Crippen molar-refractivity contribution in [3.63, 3.8) is 0 Å². The number of β-amino-alcohol motifs (C(OH)–C–C–N with tert-alkyl or cyclic N) is 1. The summed E-state index contributed by atoms with van der Waals surface area (Å²) in [5.74, 6) is 0.766. The third-order valence-corrected chi connectivity index (χ3v) is 3.83. The molecule has 0 unspecified atom stereocenters. The van der Waals surface area contributed by atoms with Gasteiger partial charge in [0.1, 0.15) is 5.75 Å². The van der Waals surface area contributed by atoms with Gasteiger partial charge in [0, 0.05) is 18.7 Å². The van der Waals surface area contributed by atoms with Crippen LogP contribution in [0.5, 0.6) is 5.75 Å². The standard InChI is InChI=1S/C16H24N2O3/c1-17(2)11-16(20)8-9-18(12-16)15(19)10-13-6-4-5-7-14(13)21-3/h4-7,20H,8-12H2,1-3H3/t16-/m1/s1. The van der Waals surface area contributed by atoms with Gasteiger partial charge in [-0.15, -0.1) is 0 Å². The van der Waals surface area contributed by atoms with Gasteiger partial charge in [-0.05, 0) is 26.6 Å². The zero-order chi connectivity index (χ0) is 15.5. The Morgan fingerprint density at radius 3 is 2.81 bits per heavy atom. The van der Waals surface area contributed by atoms with Crippen molar-refractivity contribution in [3.8, 4) is 5.75 Å². The van der Waals surface area contributed by atoms with E-state index in [-0.39, 0.29) is 5.91 Å². The van der Waals surface area contributed by atoms with Gasteiger partial charge in [-0.25, -0.2) is 0 Å². The Morgan fingerprint density at radius 1 is 1.43 bits per heavy atom. The number of likely N-dealkylation sites (tertiary alicyclic amines) is 1. The van der Waals surface area contributed by atoms with Crippen molar-refractivity contribution in [2.75, 3.05) is 40.8 Å². The molecule has 0 saturated carbocycles. The van der Waals surface area contributed by atoms with Crippen LogP contribution in [0.15, 0.2) is 24.3 Å². The predicted molar refractivity (Wildman–Crippen MR) is 81.4 cm³/mol. The fourth-order valence-electron chi connectivity index (χ4n) is 2.91. The molecule has 1 aliphatic rings. The first-order chi connectivity index (χ1) is 9.93. The fraction of sp³-hybridized carbons (Fsp3) is 0.562. The number of likely N-dealkylation sites (N-methyl/N-ethyl adjacent to an activating group) is 1. The molecule has 1 saturated heterocycles.